The maximum absolute atomic E-state index is 13.2. The SMILES string of the molecule is C=C/C(C)=C\c1c(CC)ccc2ncc(-c3ccccc3)cc2c1=O. The van der Waals surface area contributed by atoms with Crippen molar-refractivity contribution in [1.82, 2.24) is 4.98 Å². The summed E-state index contributed by atoms with van der Waals surface area (Å²) < 4.78 is 0. The molecule has 0 radical (unpaired) electrons. The summed E-state index contributed by atoms with van der Waals surface area (Å²) in [6, 6.07) is 15.9. The molecule has 0 saturated heterocycles. The van der Waals surface area contributed by atoms with Crippen LogP contribution in [0.3, 0.4) is 0 Å². The summed E-state index contributed by atoms with van der Waals surface area (Å²) in [5, 5.41) is 0.643. The summed E-state index contributed by atoms with van der Waals surface area (Å²) in [5.74, 6) is 0. The van der Waals surface area contributed by atoms with E-state index in [0.29, 0.717) is 5.39 Å². The monoisotopic (exact) mass is 327 g/mol. The first-order valence-corrected chi connectivity index (χ1v) is 8.46. The molecule has 0 aliphatic rings. The van der Waals surface area contributed by atoms with Crippen LogP contribution in [-0.4, -0.2) is 4.98 Å². The van der Waals surface area contributed by atoms with Crippen molar-refractivity contribution in [2.24, 2.45) is 0 Å². The third kappa shape index (κ3) is 3.43. The fraction of sp³-hybridized carbons (Fsp3) is 0.130. The average Bonchev–Trinajstić information content (AvgIpc) is 2.79. The molecule has 0 saturated carbocycles. The van der Waals surface area contributed by atoms with E-state index in [1.807, 2.05) is 67.7 Å². The van der Waals surface area contributed by atoms with Crippen molar-refractivity contribution in [2.75, 3.05) is 0 Å². The smallest absolute Gasteiger partial charge is 0.195 e. The molecule has 0 aliphatic carbocycles. The zero-order valence-corrected chi connectivity index (χ0v) is 14.6. The summed E-state index contributed by atoms with van der Waals surface area (Å²) in [5.41, 5.74) is 5.45. The molecule has 0 spiro atoms. The highest BCUT2D eigenvalue weighted by Gasteiger charge is 2.09. The van der Waals surface area contributed by atoms with Gasteiger partial charge in [0.2, 0.25) is 0 Å². The largest absolute Gasteiger partial charge is 0.289 e. The van der Waals surface area contributed by atoms with Gasteiger partial charge in [0.15, 0.2) is 5.43 Å². The van der Waals surface area contributed by atoms with Gasteiger partial charge in [0.1, 0.15) is 0 Å². The molecular formula is C23H21NO. The molecule has 0 fully saturated rings. The van der Waals surface area contributed by atoms with Gasteiger partial charge in [0.05, 0.1) is 5.52 Å². The maximum atomic E-state index is 13.2. The summed E-state index contributed by atoms with van der Waals surface area (Å²) in [7, 11) is 0. The minimum absolute atomic E-state index is 0.0170. The zero-order chi connectivity index (χ0) is 17.8. The van der Waals surface area contributed by atoms with E-state index in [1.54, 1.807) is 6.08 Å². The van der Waals surface area contributed by atoms with Crippen molar-refractivity contribution in [2.45, 2.75) is 20.3 Å². The predicted octanol–water partition coefficient (Wildman–Crippen LogP) is 5.41. The van der Waals surface area contributed by atoms with Crippen molar-refractivity contribution in [1.29, 1.82) is 0 Å². The Morgan fingerprint density at radius 1 is 1.12 bits per heavy atom. The lowest BCUT2D eigenvalue weighted by Crippen LogP contribution is -2.06. The van der Waals surface area contributed by atoms with Crippen LogP contribution in [0.4, 0.5) is 0 Å². The standard InChI is InChI=1S/C23H21NO/c1-4-16(3)13-20-17(5-2)11-12-22-21(23(20)25)14-19(15-24-22)18-9-7-6-8-10-18/h4,6-15H,1,5H2,2-3H3/b16-13-. The van der Waals surface area contributed by atoms with Crippen molar-refractivity contribution >= 4 is 17.0 Å². The van der Waals surface area contributed by atoms with E-state index in [0.717, 1.165) is 39.8 Å². The van der Waals surface area contributed by atoms with Gasteiger partial charge in [-0.2, -0.15) is 0 Å². The molecular weight excluding hydrogens is 306 g/mol. The van der Waals surface area contributed by atoms with Crippen LogP contribution in [-0.2, 0) is 6.42 Å². The van der Waals surface area contributed by atoms with Gasteiger partial charge < -0.3 is 0 Å². The minimum Gasteiger partial charge on any atom is -0.289 e. The highest BCUT2D eigenvalue weighted by Crippen LogP contribution is 2.22. The highest BCUT2D eigenvalue weighted by molar-refractivity contribution is 5.85. The average molecular weight is 327 g/mol. The fourth-order valence-electron chi connectivity index (χ4n) is 2.89. The number of aryl methyl sites for hydroxylation is 1. The van der Waals surface area contributed by atoms with Crippen molar-refractivity contribution in [3.63, 3.8) is 0 Å². The first-order valence-electron chi connectivity index (χ1n) is 8.46. The second-order valence-corrected chi connectivity index (χ2v) is 6.07. The van der Waals surface area contributed by atoms with E-state index >= 15 is 0 Å². The molecule has 0 aliphatic heterocycles. The Morgan fingerprint density at radius 3 is 2.56 bits per heavy atom. The molecule has 0 N–H and O–H groups in total. The Hall–Kier alpha value is -3.00. The van der Waals surface area contributed by atoms with Crippen LogP contribution in [0.5, 0.6) is 0 Å². The number of fused-ring (bicyclic) bond motifs is 1. The lowest BCUT2D eigenvalue weighted by molar-refractivity contribution is 1.13. The van der Waals surface area contributed by atoms with Crippen LogP contribution in [0.2, 0.25) is 0 Å². The number of pyridine rings is 1. The van der Waals surface area contributed by atoms with E-state index in [9.17, 15) is 4.79 Å². The first kappa shape index (κ1) is 16.8. The van der Waals surface area contributed by atoms with Crippen LogP contribution in [0, 0.1) is 0 Å². The first-order chi connectivity index (χ1) is 12.1. The van der Waals surface area contributed by atoms with Crippen LogP contribution >= 0.6 is 0 Å². The molecule has 1 aromatic heterocycles. The number of hydrogen-bond donors (Lipinski definition) is 0. The minimum atomic E-state index is 0.0170. The quantitative estimate of drug-likeness (QED) is 0.599. The van der Waals surface area contributed by atoms with Crippen LogP contribution < -0.4 is 5.43 Å². The molecule has 1 heterocycles. The van der Waals surface area contributed by atoms with Crippen LogP contribution in [0.25, 0.3) is 28.1 Å². The Morgan fingerprint density at radius 2 is 1.88 bits per heavy atom. The lowest BCUT2D eigenvalue weighted by atomic mass is 10.0. The van der Waals surface area contributed by atoms with E-state index < -0.39 is 0 Å². The van der Waals surface area contributed by atoms with Crippen molar-refractivity contribution < 1.29 is 0 Å². The number of allylic oxidation sites excluding steroid dienone is 2. The third-order valence-electron chi connectivity index (χ3n) is 4.38. The molecule has 25 heavy (non-hydrogen) atoms. The second kappa shape index (κ2) is 7.27. The fourth-order valence-corrected chi connectivity index (χ4v) is 2.89. The topological polar surface area (TPSA) is 30.0 Å². The Kier molecular flexibility index (Phi) is 4.90. The molecule has 0 amide bonds. The lowest BCUT2D eigenvalue weighted by Gasteiger charge is -2.02. The number of rotatable bonds is 4. The highest BCUT2D eigenvalue weighted by atomic mass is 16.1. The van der Waals surface area contributed by atoms with Crippen molar-refractivity contribution in [3.05, 3.63) is 94.3 Å². The zero-order valence-electron chi connectivity index (χ0n) is 14.6. The van der Waals surface area contributed by atoms with Gasteiger partial charge in [-0.15, -0.1) is 0 Å². The number of aromatic nitrogens is 1. The third-order valence-corrected chi connectivity index (χ3v) is 4.38. The molecule has 124 valence electrons. The van der Waals surface area contributed by atoms with Gasteiger partial charge in [-0.3, -0.25) is 9.78 Å². The maximum Gasteiger partial charge on any atom is 0.195 e. The summed E-state index contributed by atoms with van der Waals surface area (Å²) in [4.78, 5) is 17.8. The van der Waals surface area contributed by atoms with Crippen LogP contribution in [0.15, 0.2) is 77.8 Å². The number of benzene rings is 1. The van der Waals surface area contributed by atoms with Crippen LogP contribution in [0.1, 0.15) is 25.0 Å². The summed E-state index contributed by atoms with van der Waals surface area (Å²) >= 11 is 0. The normalized spacial score (nSPS) is 11.5. The summed E-state index contributed by atoms with van der Waals surface area (Å²) in [6.07, 6.45) is 6.30. The molecule has 0 bridgehead atoms. The molecule has 2 heteroatoms. The van der Waals surface area contributed by atoms with E-state index in [1.165, 1.54) is 0 Å². The molecule has 0 unspecified atom stereocenters. The van der Waals surface area contributed by atoms with E-state index in [2.05, 4.69) is 18.5 Å². The number of nitrogens with zero attached hydrogens (tertiary/aromatic N) is 1. The Balaban J connectivity index is 2.34. The van der Waals surface area contributed by atoms with Gasteiger partial charge in [0.25, 0.3) is 0 Å². The van der Waals surface area contributed by atoms with Gasteiger partial charge in [-0.25, -0.2) is 0 Å². The Labute approximate surface area is 148 Å². The molecule has 2 nitrogen and oxygen atoms in total. The molecule has 2 aromatic carbocycles. The van der Waals surface area contributed by atoms with Gasteiger partial charge in [-0.1, -0.05) is 61.5 Å². The Bertz CT molecular complexity index is 1020. The number of hydrogen-bond acceptors (Lipinski definition) is 2. The van der Waals surface area contributed by atoms with E-state index in [-0.39, 0.29) is 5.43 Å². The van der Waals surface area contributed by atoms with Gasteiger partial charge in [0, 0.05) is 22.7 Å². The van der Waals surface area contributed by atoms with Gasteiger partial charge in [-0.05, 0) is 42.7 Å². The van der Waals surface area contributed by atoms with Crippen molar-refractivity contribution in [3.8, 4) is 11.1 Å². The van der Waals surface area contributed by atoms with E-state index in [4.69, 9.17) is 0 Å². The molecule has 0 atom stereocenters. The molecule has 3 rings (SSSR count). The summed E-state index contributed by atoms with van der Waals surface area (Å²) in [6.45, 7) is 7.80. The molecule has 3 aromatic rings. The predicted molar refractivity (Wildman–Crippen MR) is 107 cm³/mol. The van der Waals surface area contributed by atoms with Gasteiger partial charge >= 0.3 is 0 Å². The second-order valence-electron chi connectivity index (χ2n) is 6.07.